The second-order valence-electron chi connectivity index (χ2n) is 7.46. The maximum Gasteiger partial charge on any atom is 0.331 e. The Bertz CT molecular complexity index is 1010. The topological polar surface area (TPSA) is 106 Å². The van der Waals surface area contributed by atoms with Gasteiger partial charge in [-0.15, -0.1) is 0 Å². The maximum absolute atomic E-state index is 12.6. The average Bonchev–Trinajstić information content (AvgIpc) is 2.76. The molecule has 1 aliphatic carbocycles. The van der Waals surface area contributed by atoms with Crippen molar-refractivity contribution in [1.82, 2.24) is 9.55 Å². The van der Waals surface area contributed by atoms with E-state index in [1.165, 1.54) is 4.57 Å². The van der Waals surface area contributed by atoms with Crippen LogP contribution in [0, 0.1) is 0 Å². The van der Waals surface area contributed by atoms with Crippen LogP contribution in [-0.2, 0) is 6.54 Å². The van der Waals surface area contributed by atoms with Crippen molar-refractivity contribution < 1.29 is 14.6 Å². The summed E-state index contributed by atoms with van der Waals surface area (Å²) in [5.41, 5.74) is 0.167. The van der Waals surface area contributed by atoms with E-state index in [0.717, 1.165) is 37.7 Å². The number of aromatic nitrogens is 2. The summed E-state index contributed by atoms with van der Waals surface area (Å²) in [6.07, 6.45) is 5.16. The first-order chi connectivity index (χ1) is 14.5. The molecule has 3 rings (SSSR count). The second kappa shape index (κ2) is 9.65. The van der Waals surface area contributed by atoms with E-state index in [4.69, 9.17) is 9.47 Å². The van der Waals surface area contributed by atoms with Crippen LogP contribution in [0.2, 0.25) is 0 Å². The molecule has 0 unspecified atom stereocenters. The van der Waals surface area contributed by atoms with Gasteiger partial charge in [-0.2, -0.15) is 0 Å². The molecule has 1 aromatic heterocycles. The van der Waals surface area contributed by atoms with E-state index in [9.17, 15) is 14.7 Å². The van der Waals surface area contributed by atoms with Gasteiger partial charge >= 0.3 is 5.69 Å². The molecule has 1 fully saturated rings. The predicted molar refractivity (Wildman–Crippen MR) is 115 cm³/mol. The summed E-state index contributed by atoms with van der Waals surface area (Å²) in [6.45, 7) is 2.14. The van der Waals surface area contributed by atoms with Gasteiger partial charge in [0, 0.05) is 12.1 Å². The van der Waals surface area contributed by atoms with E-state index in [2.05, 4.69) is 9.98 Å². The number of H-pyrrole nitrogens is 1. The summed E-state index contributed by atoms with van der Waals surface area (Å²) in [6, 6.07) is 5.34. The SMILES string of the molecule is CCC(=NCc1cc(OC)cc(OC)c1)c1c(O)n(C2CCCCC2)c(=O)[nH]c1=O. The first-order valence-corrected chi connectivity index (χ1v) is 10.3. The number of methoxy groups -OCH3 is 2. The molecular formula is C22H29N3O5. The first kappa shape index (κ1) is 21.7. The Hall–Kier alpha value is -3.03. The zero-order valence-corrected chi connectivity index (χ0v) is 17.7. The number of aliphatic imine (C=N–C) groups is 1. The summed E-state index contributed by atoms with van der Waals surface area (Å²) >= 11 is 0. The Morgan fingerprint density at radius 1 is 1.13 bits per heavy atom. The number of nitrogens with zero attached hydrogens (tertiary/aromatic N) is 2. The average molecular weight is 415 g/mol. The van der Waals surface area contributed by atoms with Crippen LogP contribution >= 0.6 is 0 Å². The third-order valence-electron chi connectivity index (χ3n) is 5.55. The van der Waals surface area contributed by atoms with Gasteiger partial charge in [-0.1, -0.05) is 26.2 Å². The monoisotopic (exact) mass is 415 g/mol. The molecule has 0 radical (unpaired) electrons. The van der Waals surface area contributed by atoms with E-state index >= 15 is 0 Å². The van der Waals surface area contributed by atoms with Crippen LogP contribution in [0.3, 0.4) is 0 Å². The fourth-order valence-electron chi connectivity index (χ4n) is 3.99. The molecule has 0 amide bonds. The van der Waals surface area contributed by atoms with Gasteiger partial charge in [-0.25, -0.2) is 4.79 Å². The Labute approximate surface area is 175 Å². The summed E-state index contributed by atoms with van der Waals surface area (Å²) in [5, 5.41) is 10.9. The van der Waals surface area contributed by atoms with Crippen molar-refractivity contribution in [2.24, 2.45) is 4.99 Å². The summed E-state index contributed by atoms with van der Waals surface area (Å²) in [5.74, 6) is 0.993. The molecule has 8 nitrogen and oxygen atoms in total. The largest absolute Gasteiger partial charge is 0.497 e. The lowest BCUT2D eigenvalue weighted by atomic mass is 9.95. The second-order valence-corrected chi connectivity index (χ2v) is 7.46. The van der Waals surface area contributed by atoms with Gasteiger partial charge < -0.3 is 14.6 Å². The minimum Gasteiger partial charge on any atom is -0.497 e. The highest BCUT2D eigenvalue weighted by molar-refractivity contribution is 6.01. The minimum absolute atomic E-state index is 0.0672. The van der Waals surface area contributed by atoms with Crippen molar-refractivity contribution in [3.8, 4) is 17.4 Å². The minimum atomic E-state index is -0.617. The smallest absolute Gasteiger partial charge is 0.331 e. The molecule has 1 aliphatic rings. The standard InChI is InChI=1S/C22H29N3O5/c1-4-18(23-13-14-10-16(29-2)12-17(11-14)30-3)19-20(26)24-22(28)25(21(19)27)15-8-6-5-7-9-15/h10-12,15,27H,4-9,13H2,1-3H3,(H,24,26,28). The molecule has 30 heavy (non-hydrogen) atoms. The van der Waals surface area contributed by atoms with Crippen LogP contribution < -0.4 is 20.7 Å². The Balaban J connectivity index is 2.00. The molecule has 0 aliphatic heterocycles. The third-order valence-corrected chi connectivity index (χ3v) is 5.55. The van der Waals surface area contributed by atoms with Gasteiger partial charge in [0.05, 0.1) is 26.5 Å². The Morgan fingerprint density at radius 2 is 1.77 bits per heavy atom. The molecule has 0 spiro atoms. The highest BCUT2D eigenvalue weighted by Crippen LogP contribution is 2.30. The number of nitrogens with one attached hydrogen (secondary N) is 1. The van der Waals surface area contributed by atoms with Crippen molar-refractivity contribution in [1.29, 1.82) is 0 Å². The van der Waals surface area contributed by atoms with Gasteiger partial charge in [0.1, 0.15) is 17.1 Å². The van der Waals surface area contributed by atoms with Gasteiger partial charge in [0.15, 0.2) is 0 Å². The summed E-state index contributed by atoms with van der Waals surface area (Å²) in [4.78, 5) is 31.9. The Morgan fingerprint density at radius 3 is 2.33 bits per heavy atom. The lowest BCUT2D eigenvalue weighted by Gasteiger charge is -2.25. The number of aromatic hydroxyl groups is 1. The van der Waals surface area contributed by atoms with Crippen molar-refractivity contribution in [3.63, 3.8) is 0 Å². The number of benzene rings is 1. The van der Waals surface area contributed by atoms with Crippen molar-refractivity contribution in [2.45, 2.75) is 58.0 Å². The molecule has 0 saturated heterocycles. The quantitative estimate of drug-likeness (QED) is 0.676. The fraction of sp³-hybridized carbons (Fsp3) is 0.500. The van der Waals surface area contributed by atoms with E-state index in [1.54, 1.807) is 20.3 Å². The molecular weight excluding hydrogens is 386 g/mol. The molecule has 162 valence electrons. The lowest BCUT2D eigenvalue weighted by Crippen LogP contribution is -2.36. The molecule has 1 saturated carbocycles. The van der Waals surface area contributed by atoms with Crippen LogP contribution in [0.1, 0.15) is 62.6 Å². The molecule has 0 bridgehead atoms. The fourth-order valence-corrected chi connectivity index (χ4v) is 3.99. The number of hydrogen-bond donors (Lipinski definition) is 2. The van der Waals surface area contributed by atoms with Crippen LogP contribution in [0.25, 0.3) is 0 Å². The molecule has 1 aromatic carbocycles. The molecule has 8 heteroatoms. The summed E-state index contributed by atoms with van der Waals surface area (Å²) < 4.78 is 11.9. The Kier molecular flexibility index (Phi) is 6.97. The third kappa shape index (κ3) is 4.58. The lowest BCUT2D eigenvalue weighted by molar-refractivity contribution is 0.298. The zero-order chi connectivity index (χ0) is 21.7. The number of rotatable bonds is 7. The maximum atomic E-state index is 12.6. The van der Waals surface area contributed by atoms with E-state index in [1.807, 2.05) is 19.1 Å². The number of ether oxygens (including phenoxy) is 2. The van der Waals surface area contributed by atoms with Crippen LogP contribution in [0.15, 0.2) is 32.8 Å². The van der Waals surface area contributed by atoms with Crippen LogP contribution in [-0.4, -0.2) is 34.6 Å². The summed E-state index contributed by atoms with van der Waals surface area (Å²) in [7, 11) is 3.15. The van der Waals surface area contributed by atoms with Crippen LogP contribution in [0.4, 0.5) is 0 Å². The number of hydrogen-bond acceptors (Lipinski definition) is 6. The van der Waals surface area contributed by atoms with E-state index in [-0.39, 0.29) is 24.0 Å². The van der Waals surface area contributed by atoms with Crippen molar-refractivity contribution in [3.05, 3.63) is 50.2 Å². The van der Waals surface area contributed by atoms with Crippen molar-refractivity contribution >= 4 is 5.71 Å². The van der Waals surface area contributed by atoms with E-state index in [0.29, 0.717) is 23.6 Å². The highest BCUT2D eigenvalue weighted by atomic mass is 16.5. The first-order valence-electron chi connectivity index (χ1n) is 10.3. The van der Waals surface area contributed by atoms with E-state index < -0.39 is 11.2 Å². The molecule has 2 N–H and O–H groups in total. The number of aromatic amines is 1. The van der Waals surface area contributed by atoms with Gasteiger partial charge in [-0.05, 0) is 37.0 Å². The van der Waals surface area contributed by atoms with Gasteiger partial charge in [-0.3, -0.25) is 19.3 Å². The predicted octanol–water partition coefficient (Wildman–Crippen LogP) is 3.16. The van der Waals surface area contributed by atoms with Gasteiger partial charge in [0.2, 0.25) is 5.88 Å². The molecule has 2 aromatic rings. The molecule has 0 atom stereocenters. The highest BCUT2D eigenvalue weighted by Gasteiger charge is 2.24. The van der Waals surface area contributed by atoms with Crippen LogP contribution in [0.5, 0.6) is 17.4 Å². The van der Waals surface area contributed by atoms with Gasteiger partial charge in [0.25, 0.3) is 5.56 Å². The zero-order valence-electron chi connectivity index (χ0n) is 17.7. The van der Waals surface area contributed by atoms with Crippen molar-refractivity contribution in [2.75, 3.05) is 14.2 Å². The molecule has 1 heterocycles. The normalized spacial score (nSPS) is 15.2.